The number of rotatable bonds is 12. The van der Waals surface area contributed by atoms with Crippen LogP contribution in [0.5, 0.6) is 0 Å². The van der Waals surface area contributed by atoms with Crippen molar-refractivity contribution in [3.05, 3.63) is 102 Å². The van der Waals surface area contributed by atoms with Gasteiger partial charge in [-0.05, 0) is 42.5 Å². The monoisotopic (exact) mass is 542 g/mol. The van der Waals surface area contributed by atoms with Crippen LogP contribution in [0.1, 0.15) is 30.4 Å². The lowest BCUT2D eigenvalue weighted by Gasteiger charge is -2.30. The van der Waals surface area contributed by atoms with E-state index in [0.29, 0.717) is 45.6 Å². The number of hydrogen-bond acceptors (Lipinski definition) is 4. The summed E-state index contributed by atoms with van der Waals surface area (Å²) in [5, 5.41) is 9.03. The van der Waals surface area contributed by atoms with Gasteiger partial charge < -0.3 is 25.6 Å². The molecular formula is C32H38N4O4. The van der Waals surface area contributed by atoms with E-state index in [1.165, 1.54) is 0 Å². The van der Waals surface area contributed by atoms with E-state index in [4.69, 9.17) is 4.74 Å². The van der Waals surface area contributed by atoms with Crippen LogP contribution in [0, 0.1) is 0 Å². The van der Waals surface area contributed by atoms with Gasteiger partial charge in [-0.15, -0.1) is 0 Å². The van der Waals surface area contributed by atoms with Crippen molar-refractivity contribution in [1.82, 2.24) is 15.5 Å². The quantitative estimate of drug-likeness (QED) is 0.320. The van der Waals surface area contributed by atoms with E-state index in [2.05, 4.69) is 28.1 Å². The van der Waals surface area contributed by atoms with E-state index >= 15 is 0 Å². The lowest BCUT2D eigenvalue weighted by Crippen LogP contribution is -2.55. The molecule has 1 fully saturated rings. The number of urea groups is 1. The molecule has 0 spiro atoms. The van der Waals surface area contributed by atoms with Crippen LogP contribution < -0.4 is 16.0 Å². The van der Waals surface area contributed by atoms with Crippen LogP contribution in [0.15, 0.2) is 91.0 Å². The third-order valence-corrected chi connectivity index (χ3v) is 6.94. The van der Waals surface area contributed by atoms with Crippen molar-refractivity contribution in [2.75, 3.05) is 31.6 Å². The molecule has 1 aliphatic rings. The molecule has 0 unspecified atom stereocenters. The van der Waals surface area contributed by atoms with Gasteiger partial charge in [0.15, 0.2) is 0 Å². The van der Waals surface area contributed by atoms with Gasteiger partial charge in [0.1, 0.15) is 6.04 Å². The van der Waals surface area contributed by atoms with Crippen LogP contribution in [0.4, 0.5) is 10.5 Å². The summed E-state index contributed by atoms with van der Waals surface area (Å²) in [5.74, 6) is -0.362. The summed E-state index contributed by atoms with van der Waals surface area (Å²) in [7, 11) is 0. The molecule has 2 atom stereocenters. The molecule has 0 radical (unpaired) electrons. The van der Waals surface area contributed by atoms with Crippen molar-refractivity contribution >= 4 is 23.5 Å². The molecule has 0 aliphatic carbocycles. The maximum atomic E-state index is 13.7. The van der Waals surface area contributed by atoms with Crippen molar-refractivity contribution in [3.8, 4) is 0 Å². The number of ether oxygens (including phenoxy) is 1. The van der Waals surface area contributed by atoms with E-state index in [0.717, 1.165) is 23.2 Å². The fraction of sp³-hybridized carbons (Fsp3) is 0.344. The van der Waals surface area contributed by atoms with Crippen molar-refractivity contribution in [3.63, 3.8) is 0 Å². The number of carbonyl (C=O) groups is 3. The highest BCUT2D eigenvalue weighted by molar-refractivity contribution is 5.91. The highest BCUT2D eigenvalue weighted by Gasteiger charge is 2.27. The number of carbonyl (C=O) groups excluding carboxylic acids is 3. The SMILES string of the molecule is O=C(CC[C@H](CCc1ccccc1)NC(=O)[C@H](Cc1ccccc1)NC(=O)N1CCOCC1)Nc1ccccc1. The number of para-hydroxylation sites is 1. The molecule has 0 saturated carbocycles. The largest absolute Gasteiger partial charge is 0.378 e. The van der Waals surface area contributed by atoms with Crippen molar-refractivity contribution in [1.29, 1.82) is 0 Å². The summed E-state index contributed by atoms with van der Waals surface area (Å²) >= 11 is 0. The zero-order valence-electron chi connectivity index (χ0n) is 22.8. The normalized spacial score (nSPS) is 14.6. The Morgan fingerprint density at radius 3 is 2.00 bits per heavy atom. The lowest BCUT2D eigenvalue weighted by molar-refractivity contribution is -0.124. The molecule has 3 N–H and O–H groups in total. The number of aryl methyl sites for hydroxylation is 1. The average Bonchev–Trinajstić information content (AvgIpc) is 3.00. The molecular weight excluding hydrogens is 504 g/mol. The molecule has 1 aliphatic heterocycles. The van der Waals surface area contributed by atoms with Crippen LogP contribution in [0.3, 0.4) is 0 Å². The molecule has 40 heavy (non-hydrogen) atoms. The highest BCUT2D eigenvalue weighted by Crippen LogP contribution is 2.13. The van der Waals surface area contributed by atoms with Gasteiger partial charge in [0.05, 0.1) is 13.2 Å². The van der Waals surface area contributed by atoms with Crippen molar-refractivity contribution < 1.29 is 19.1 Å². The van der Waals surface area contributed by atoms with E-state index < -0.39 is 6.04 Å². The van der Waals surface area contributed by atoms with E-state index in [1.807, 2.05) is 78.9 Å². The van der Waals surface area contributed by atoms with Crippen LogP contribution in [0.25, 0.3) is 0 Å². The number of nitrogens with one attached hydrogen (secondary N) is 3. The lowest BCUT2D eigenvalue weighted by atomic mass is 10.00. The second-order valence-corrected chi connectivity index (χ2v) is 9.97. The van der Waals surface area contributed by atoms with E-state index in [1.54, 1.807) is 4.90 Å². The second-order valence-electron chi connectivity index (χ2n) is 9.97. The minimum Gasteiger partial charge on any atom is -0.378 e. The Morgan fingerprint density at radius 1 is 0.750 bits per heavy atom. The van der Waals surface area contributed by atoms with Gasteiger partial charge in [-0.3, -0.25) is 9.59 Å². The Morgan fingerprint density at radius 2 is 1.35 bits per heavy atom. The molecule has 0 aromatic heterocycles. The number of benzene rings is 3. The smallest absolute Gasteiger partial charge is 0.318 e. The number of amides is 4. The summed E-state index contributed by atoms with van der Waals surface area (Å²) in [6.45, 7) is 1.94. The highest BCUT2D eigenvalue weighted by atomic mass is 16.5. The molecule has 8 nitrogen and oxygen atoms in total. The minimum absolute atomic E-state index is 0.105. The van der Waals surface area contributed by atoms with Crippen LogP contribution in [-0.2, 0) is 27.2 Å². The first kappa shape index (κ1) is 28.8. The third-order valence-electron chi connectivity index (χ3n) is 6.94. The third kappa shape index (κ3) is 9.54. The molecule has 210 valence electrons. The molecule has 4 amide bonds. The van der Waals surface area contributed by atoms with Gasteiger partial charge in [-0.2, -0.15) is 0 Å². The zero-order valence-corrected chi connectivity index (χ0v) is 22.8. The fourth-order valence-corrected chi connectivity index (χ4v) is 4.69. The van der Waals surface area contributed by atoms with Crippen molar-refractivity contribution in [2.45, 2.75) is 44.2 Å². The molecule has 0 bridgehead atoms. The minimum atomic E-state index is -0.755. The van der Waals surface area contributed by atoms with Gasteiger partial charge in [-0.25, -0.2) is 4.79 Å². The summed E-state index contributed by atoms with van der Waals surface area (Å²) < 4.78 is 5.36. The van der Waals surface area contributed by atoms with Gasteiger partial charge in [-0.1, -0.05) is 78.9 Å². The first-order valence-corrected chi connectivity index (χ1v) is 13.9. The van der Waals surface area contributed by atoms with Gasteiger partial charge in [0.2, 0.25) is 11.8 Å². The number of nitrogens with zero attached hydrogens (tertiary/aromatic N) is 1. The van der Waals surface area contributed by atoms with E-state index in [9.17, 15) is 14.4 Å². The number of anilines is 1. The van der Waals surface area contributed by atoms with Gasteiger partial charge in [0.25, 0.3) is 0 Å². The van der Waals surface area contributed by atoms with Crippen LogP contribution >= 0.6 is 0 Å². The number of hydrogen-bond donors (Lipinski definition) is 3. The van der Waals surface area contributed by atoms with Crippen molar-refractivity contribution in [2.24, 2.45) is 0 Å². The summed E-state index contributed by atoms with van der Waals surface area (Å²) in [6, 6.07) is 27.8. The zero-order chi connectivity index (χ0) is 28.0. The Balaban J connectivity index is 1.43. The van der Waals surface area contributed by atoms with E-state index in [-0.39, 0.29) is 30.3 Å². The molecule has 3 aromatic carbocycles. The molecule has 1 heterocycles. The number of morpholine rings is 1. The van der Waals surface area contributed by atoms with Gasteiger partial charge >= 0.3 is 6.03 Å². The summed E-state index contributed by atoms with van der Waals surface area (Å²) in [6.07, 6.45) is 2.53. The predicted octanol–water partition coefficient (Wildman–Crippen LogP) is 4.18. The molecule has 3 aromatic rings. The first-order valence-electron chi connectivity index (χ1n) is 13.9. The maximum absolute atomic E-state index is 13.7. The Bertz CT molecular complexity index is 1200. The summed E-state index contributed by atoms with van der Waals surface area (Å²) in [5.41, 5.74) is 2.86. The maximum Gasteiger partial charge on any atom is 0.318 e. The average molecular weight is 543 g/mol. The second kappa shape index (κ2) is 15.4. The molecule has 1 saturated heterocycles. The fourth-order valence-electron chi connectivity index (χ4n) is 4.69. The van der Waals surface area contributed by atoms with Gasteiger partial charge in [0, 0.05) is 37.7 Å². The topological polar surface area (TPSA) is 99.8 Å². The Hall–Kier alpha value is -4.17. The Labute approximate surface area is 236 Å². The molecule has 4 rings (SSSR count). The Kier molecular flexibility index (Phi) is 11.1. The van der Waals surface area contributed by atoms with Crippen LogP contribution in [0.2, 0.25) is 0 Å². The summed E-state index contributed by atoms with van der Waals surface area (Å²) in [4.78, 5) is 41.0. The predicted molar refractivity (Wildman–Crippen MR) is 156 cm³/mol. The standard InChI is InChI=1S/C32H38N4O4/c37-30(33-27-14-8-3-9-15-27)19-18-28(17-16-25-10-4-1-5-11-25)34-31(38)29(24-26-12-6-2-7-13-26)35-32(39)36-20-22-40-23-21-36/h1-15,28-29H,16-24H2,(H,33,37)(H,34,38)(H,35,39)/t28-,29-/m0/s1. The molecule has 8 heteroatoms. The first-order chi connectivity index (χ1) is 19.6. The van der Waals surface area contributed by atoms with Crippen LogP contribution in [-0.4, -0.2) is 61.1 Å².